The smallest absolute Gasteiger partial charge is 0.0149 e. The van der Waals surface area contributed by atoms with Crippen molar-refractivity contribution in [3.63, 3.8) is 0 Å². The van der Waals surface area contributed by atoms with E-state index in [1.165, 1.54) is 22.1 Å². The zero-order valence-electron chi connectivity index (χ0n) is 1.21. The second kappa shape index (κ2) is 85.5. The Morgan fingerprint density at radius 2 is 1.20 bits per heavy atom. The summed E-state index contributed by atoms with van der Waals surface area (Å²) >= 11 is 1.30. The van der Waals surface area contributed by atoms with E-state index in [-0.39, 0.29) is 26.8 Å². The molecule has 0 saturated heterocycles. The predicted octanol–water partition coefficient (Wildman–Crippen LogP) is -2.41. The van der Waals surface area contributed by atoms with Gasteiger partial charge in [0.25, 0.3) is 0 Å². The van der Waals surface area contributed by atoms with E-state index in [0.717, 1.165) is 0 Å². The third-order valence-corrected chi connectivity index (χ3v) is 0. The zero-order valence-corrected chi connectivity index (χ0v) is 4.06. The molecule has 0 atom stereocenters. The Morgan fingerprint density at radius 1 is 1.20 bits per heavy atom. The molecule has 0 aliphatic rings. The summed E-state index contributed by atoms with van der Waals surface area (Å²) in [5.41, 5.74) is 0. The molecule has 32 valence electrons. The summed E-state index contributed by atoms with van der Waals surface area (Å²) in [4.78, 5) is 0. The Kier molecular flexibility index (Phi) is 656. The third kappa shape index (κ3) is 47.7. The normalized spacial score (nSPS) is 0.800. The van der Waals surface area contributed by atoms with Crippen molar-refractivity contribution >= 4 is 46.0 Å². The molecular weight excluding hydrogens is 182 g/mol. The monoisotopic (exact) mass is 196 g/mol. The van der Waals surface area contributed by atoms with Gasteiger partial charge in [-0.25, -0.2) is 0 Å². The van der Waals surface area contributed by atoms with Crippen molar-refractivity contribution in [2.75, 3.05) is 0 Å². The van der Waals surface area contributed by atoms with E-state index in [1.54, 1.807) is 0 Å². The van der Waals surface area contributed by atoms with Crippen molar-refractivity contribution in [3.8, 4) is 0 Å². The Hall–Kier alpha value is 0.951. The van der Waals surface area contributed by atoms with Crippen LogP contribution in [0.5, 0.6) is 0 Å². The van der Waals surface area contributed by atoms with Crippen LogP contribution < -0.4 is 0 Å². The molecule has 0 unspecified atom stereocenters. The standard InChI is InChI=1S/CH4.CH2.BH3.H4Si.Sn/h1H4;1H2;1H3;1H4;. The van der Waals surface area contributed by atoms with Crippen molar-refractivity contribution in [2.45, 2.75) is 7.43 Å². The molecule has 0 aromatic carbocycles. The topological polar surface area (TPSA) is 0 Å². The molecule has 0 amide bonds. The Morgan fingerprint density at radius 3 is 1.20 bits per heavy atom. The summed E-state index contributed by atoms with van der Waals surface area (Å²) in [5.74, 6) is 0. The molecule has 0 rings (SSSR count). The van der Waals surface area contributed by atoms with Gasteiger partial charge in [-0.05, 0) is 11.0 Å². The molecule has 5 heavy (non-hydrogen) atoms. The fourth-order valence-corrected chi connectivity index (χ4v) is 0. The van der Waals surface area contributed by atoms with Crippen LogP contribution in [0.15, 0.2) is 0 Å². The van der Waals surface area contributed by atoms with Crippen molar-refractivity contribution < 1.29 is 0 Å². The Labute approximate surface area is 53.5 Å². The van der Waals surface area contributed by atoms with Crippen molar-refractivity contribution in [2.24, 2.45) is 0 Å². The summed E-state index contributed by atoms with van der Waals surface area (Å²) in [6, 6.07) is 0. The fraction of sp³-hybridized carbons (Fsp3) is 0.500. The molecule has 3 heteroatoms. The molecule has 2 radical (unpaired) electrons. The predicted molar refractivity (Wildman–Crippen MR) is 40.9 cm³/mol. The molecule has 0 fully saturated rings. The van der Waals surface area contributed by atoms with Gasteiger partial charge in [-0.15, -0.1) is 0 Å². The molecule has 0 nitrogen and oxygen atoms in total. The van der Waals surface area contributed by atoms with Crippen molar-refractivity contribution in [1.82, 2.24) is 0 Å². The minimum Gasteiger partial charge on any atom is -0.0149 e. The van der Waals surface area contributed by atoms with Gasteiger partial charge in [-0.1, -0.05) is 7.43 Å². The summed E-state index contributed by atoms with van der Waals surface area (Å²) in [5, 5.41) is 0. The van der Waals surface area contributed by atoms with Crippen molar-refractivity contribution in [3.05, 3.63) is 0 Å². The third-order valence-electron chi connectivity index (χ3n) is 0. The second-order valence-corrected chi connectivity index (χ2v) is 0. The molecule has 0 spiro atoms. The molecular formula is C2H13BSiSn. The minimum absolute atomic E-state index is 0. The van der Waals surface area contributed by atoms with Gasteiger partial charge in [0.1, 0.15) is 0 Å². The molecule has 0 aliphatic carbocycles. The van der Waals surface area contributed by atoms with Gasteiger partial charge in [0, 0.05) is 0 Å². The average Bonchev–Trinajstić information content (AvgIpc) is 1.00. The zero-order chi connectivity index (χ0) is 2.00. The van der Waals surface area contributed by atoms with E-state index in [4.69, 9.17) is 0 Å². The SMILES string of the molecule is B.C.[CH2]=[Sn].[SiH4]. The molecule has 0 heterocycles. The summed E-state index contributed by atoms with van der Waals surface area (Å²) in [7, 11) is 0. The van der Waals surface area contributed by atoms with Crippen LogP contribution in [0.25, 0.3) is 0 Å². The van der Waals surface area contributed by atoms with E-state index < -0.39 is 0 Å². The maximum atomic E-state index is 3.34. The first-order valence-electron chi connectivity index (χ1n) is 0.354. The van der Waals surface area contributed by atoms with Gasteiger partial charge in [-0.2, -0.15) is 0 Å². The van der Waals surface area contributed by atoms with Crippen LogP contribution in [-0.4, -0.2) is 46.0 Å². The summed E-state index contributed by atoms with van der Waals surface area (Å²) < 4.78 is 3.34. The minimum atomic E-state index is 0. The van der Waals surface area contributed by atoms with Crippen LogP contribution in [0.1, 0.15) is 7.43 Å². The van der Waals surface area contributed by atoms with Gasteiger partial charge in [0.15, 0.2) is 0 Å². The van der Waals surface area contributed by atoms with Gasteiger partial charge >= 0.3 is 26.6 Å². The van der Waals surface area contributed by atoms with Crippen LogP contribution in [-0.2, 0) is 0 Å². The average molecular weight is 195 g/mol. The first kappa shape index (κ1) is 38.3. The summed E-state index contributed by atoms with van der Waals surface area (Å²) in [6.07, 6.45) is 0. The fourth-order valence-electron chi connectivity index (χ4n) is 0. The molecule has 0 saturated carbocycles. The van der Waals surface area contributed by atoms with Crippen LogP contribution in [0.4, 0.5) is 0 Å². The van der Waals surface area contributed by atoms with E-state index in [2.05, 4.69) is 4.52 Å². The number of hydrogen-bond acceptors (Lipinski definition) is 0. The Bertz CT molecular complexity index is 9.61. The van der Waals surface area contributed by atoms with E-state index >= 15 is 0 Å². The second-order valence-electron chi connectivity index (χ2n) is 0. The van der Waals surface area contributed by atoms with Crippen LogP contribution in [0.3, 0.4) is 0 Å². The number of hydrogen-bond donors (Lipinski definition) is 0. The maximum Gasteiger partial charge on any atom is -0.0149 e. The van der Waals surface area contributed by atoms with E-state index in [0.29, 0.717) is 0 Å². The molecule has 0 aromatic heterocycles. The summed E-state index contributed by atoms with van der Waals surface area (Å²) in [6.45, 7) is 0. The van der Waals surface area contributed by atoms with Gasteiger partial charge < -0.3 is 0 Å². The largest absolute Gasteiger partial charge is 0.0149 e. The van der Waals surface area contributed by atoms with E-state index in [1.807, 2.05) is 0 Å². The Balaban J connectivity index is -0.00000000167. The van der Waals surface area contributed by atoms with Crippen LogP contribution in [0.2, 0.25) is 0 Å². The van der Waals surface area contributed by atoms with Gasteiger partial charge in [0.05, 0.1) is 8.41 Å². The van der Waals surface area contributed by atoms with Crippen molar-refractivity contribution in [1.29, 1.82) is 0 Å². The van der Waals surface area contributed by atoms with Gasteiger partial charge in [0.2, 0.25) is 0 Å². The molecule has 0 aromatic rings. The quantitative estimate of drug-likeness (QED) is 0.377. The molecule has 0 aliphatic heterocycles. The van der Waals surface area contributed by atoms with E-state index in [9.17, 15) is 0 Å². The molecule has 0 N–H and O–H groups in total. The maximum absolute atomic E-state index is 3.34. The molecule has 0 bridgehead atoms. The van der Waals surface area contributed by atoms with Crippen LogP contribution in [0, 0.1) is 0 Å². The first-order valence-corrected chi connectivity index (χ1v) is 2.37. The van der Waals surface area contributed by atoms with Gasteiger partial charge in [-0.3, -0.25) is 0 Å². The van der Waals surface area contributed by atoms with Crippen LogP contribution >= 0.6 is 0 Å². The number of rotatable bonds is 0. The first-order chi connectivity index (χ1) is 1.00.